The summed E-state index contributed by atoms with van der Waals surface area (Å²) in [5, 5.41) is 16.2. The van der Waals surface area contributed by atoms with Crippen LogP contribution >= 0.6 is 0 Å². The molecule has 33 heavy (non-hydrogen) atoms. The summed E-state index contributed by atoms with van der Waals surface area (Å²) in [7, 11) is -0.116. The Hall–Kier alpha value is -3.40. The van der Waals surface area contributed by atoms with Gasteiger partial charge in [-0.05, 0) is 37.1 Å². The number of benzene rings is 2. The van der Waals surface area contributed by atoms with Gasteiger partial charge < -0.3 is 9.47 Å². The number of nitro groups is 1. The first kappa shape index (κ1) is 24.2. The lowest BCUT2D eigenvalue weighted by Crippen LogP contribution is -2.16. The van der Waals surface area contributed by atoms with E-state index in [4.69, 9.17) is 9.47 Å². The molecule has 0 radical (unpaired) electrons. The average Bonchev–Trinajstić information content (AvgIpc) is 3.18. The van der Waals surface area contributed by atoms with Crippen LogP contribution in [0, 0.1) is 10.1 Å². The number of nitrogens with zero attached hydrogens (tertiary/aromatic N) is 3. The van der Waals surface area contributed by atoms with Gasteiger partial charge in [-0.1, -0.05) is 18.2 Å². The van der Waals surface area contributed by atoms with E-state index in [2.05, 4.69) is 5.10 Å². The van der Waals surface area contributed by atoms with Gasteiger partial charge in [-0.2, -0.15) is 5.10 Å². The Morgan fingerprint density at radius 1 is 1.21 bits per heavy atom. The summed E-state index contributed by atoms with van der Waals surface area (Å²) in [6.07, 6.45) is 4.60. The molecule has 0 spiro atoms. The Labute approximate surface area is 193 Å². The zero-order chi connectivity index (χ0) is 24.2. The zero-order valence-electron chi connectivity index (χ0n) is 19.0. The molecule has 0 aliphatic carbocycles. The number of ether oxygens (including phenoxy) is 2. The van der Waals surface area contributed by atoms with Gasteiger partial charge in [0.2, 0.25) is 0 Å². The highest BCUT2D eigenvalue weighted by atomic mass is 32.2. The van der Waals surface area contributed by atoms with Crippen LogP contribution in [0.25, 0.3) is 11.1 Å². The lowest BCUT2D eigenvalue weighted by molar-refractivity contribution is -0.384. The summed E-state index contributed by atoms with van der Waals surface area (Å²) in [5.74, 6) is 0.338. The van der Waals surface area contributed by atoms with Crippen molar-refractivity contribution in [3.63, 3.8) is 0 Å². The predicted octanol–water partition coefficient (Wildman–Crippen LogP) is 3.77. The van der Waals surface area contributed by atoms with Crippen molar-refractivity contribution >= 4 is 15.5 Å². The van der Waals surface area contributed by atoms with Crippen molar-refractivity contribution in [2.75, 3.05) is 25.7 Å². The van der Waals surface area contributed by atoms with E-state index in [1.54, 1.807) is 60.5 Å². The third-order valence-electron chi connectivity index (χ3n) is 5.25. The van der Waals surface area contributed by atoms with Gasteiger partial charge in [0.15, 0.2) is 11.5 Å². The molecule has 1 heterocycles. The SMILES string of the molecule is CCOc1cc([C@H](Cc2cccc(-c3cnn(C)c3)c2[N+](=O)[O-])CS(C)(=O)=O)ccc1OC. The van der Waals surface area contributed by atoms with Gasteiger partial charge >= 0.3 is 0 Å². The molecule has 0 unspecified atom stereocenters. The first-order valence-corrected chi connectivity index (χ1v) is 12.4. The number of hydrogen-bond acceptors (Lipinski definition) is 7. The summed E-state index contributed by atoms with van der Waals surface area (Å²) in [6.45, 7) is 2.25. The largest absolute Gasteiger partial charge is 0.493 e. The average molecular weight is 474 g/mol. The molecule has 1 aromatic heterocycles. The fraction of sp³-hybridized carbons (Fsp3) is 0.348. The van der Waals surface area contributed by atoms with Crippen LogP contribution in [0.3, 0.4) is 0 Å². The number of aryl methyl sites for hydroxylation is 1. The third kappa shape index (κ3) is 5.89. The summed E-state index contributed by atoms with van der Waals surface area (Å²) >= 11 is 0. The smallest absolute Gasteiger partial charge is 0.280 e. The molecule has 0 amide bonds. The molecular weight excluding hydrogens is 446 g/mol. The highest BCUT2D eigenvalue weighted by molar-refractivity contribution is 7.90. The molecule has 3 aromatic rings. The van der Waals surface area contributed by atoms with Crippen LogP contribution in [0.5, 0.6) is 11.5 Å². The van der Waals surface area contributed by atoms with Gasteiger partial charge in [0, 0.05) is 36.5 Å². The fourth-order valence-corrected chi connectivity index (χ4v) is 4.93. The van der Waals surface area contributed by atoms with Crippen molar-refractivity contribution < 1.29 is 22.8 Å². The Morgan fingerprint density at radius 2 is 1.97 bits per heavy atom. The second-order valence-electron chi connectivity index (χ2n) is 7.81. The minimum atomic E-state index is -3.38. The van der Waals surface area contributed by atoms with Crippen LogP contribution in [-0.4, -0.2) is 48.8 Å². The van der Waals surface area contributed by atoms with E-state index in [-0.39, 0.29) is 17.9 Å². The van der Waals surface area contributed by atoms with Crippen molar-refractivity contribution in [2.24, 2.45) is 7.05 Å². The molecular formula is C23H27N3O6S. The number of aromatic nitrogens is 2. The first-order chi connectivity index (χ1) is 15.6. The molecule has 0 fully saturated rings. The topological polar surface area (TPSA) is 114 Å². The van der Waals surface area contributed by atoms with E-state index in [0.29, 0.717) is 40.4 Å². The molecule has 0 aliphatic heterocycles. The van der Waals surface area contributed by atoms with Crippen LogP contribution in [-0.2, 0) is 23.3 Å². The molecule has 176 valence electrons. The molecule has 0 saturated heterocycles. The van der Waals surface area contributed by atoms with Crippen LogP contribution in [0.15, 0.2) is 48.8 Å². The molecule has 0 N–H and O–H groups in total. The first-order valence-electron chi connectivity index (χ1n) is 10.4. The van der Waals surface area contributed by atoms with Crippen molar-refractivity contribution in [1.82, 2.24) is 9.78 Å². The monoisotopic (exact) mass is 473 g/mol. The standard InChI is InChI=1S/C23H27N3O6S/c1-5-32-22-12-16(9-10-21(22)31-3)18(15-33(4,29)30)11-17-7-6-8-20(23(17)26(27)28)19-13-24-25(2)14-19/h6-10,12-14,18H,5,11,15H2,1-4H3/t18-/m1/s1. The van der Waals surface area contributed by atoms with Gasteiger partial charge in [0.1, 0.15) is 9.84 Å². The van der Waals surface area contributed by atoms with Crippen molar-refractivity contribution in [3.8, 4) is 22.6 Å². The van der Waals surface area contributed by atoms with Gasteiger partial charge in [0.25, 0.3) is 5.69 Å². The van der Waals surface area contributed by atoms with Gasteiger partial charge in [-0.25, -0.2) is 8.42 Å². The summed E-state index contributed by atoms with van der Waals surface area (Å²) in [6, 6.07) is 10.3. The third-order valence-corrected chi connectivity index (χ3v) is 6.26. The van der Waals surface area contributed by atoms with E-state index in [1.165, 1.54) is 7.11 Å². The van der Waals surface area contributed by atoms with Gasteiger partial charge in [-0.3, -0.25) is 14.8 Å². The van der Waals surface area contributed by atoms with Crippen molar-refractivity contribution in [1.29, 1.82) is 0 Å². The second-order valence-corrected chi connectivity index (χ2v) is 9.99. The molecule has 0 saturated carbocycles. The Balaban J connectivity index is 2.10. The van der Waals surface area contributed by atoms with Crippen LogP contribution in [0.2, 0.25) is 0 Å². The molecule has 3 rings (SSSR count). The van der Waals surface area contributed by atoms with Gasteiger partial charge in [-0.15, -0.1) is 0 Å². The maximum Gasteiger partial charge on any atom is 0.280 e. The maximum atomic E-state index is 12.2. The summed E-state index contributed by atoms with van der Waals surface area (Å²) in [4.78, 5) is 11.7. The molecule has 10 heteroatoms. The fourth-order valence-electron chi connectivity index (χ4n) is 3.88. The highest BCUT2D eigenvalue weighted by Gasteiger charge is 2.27. The zero-order valence-corrected chi connectivity index (χ0v) is 19.8. The lowest BCUT2D eigenvalue weighted by Gasteiger charge is -2.19. The van der Waals surface area contributed by atoms with Crippen molar-refractivity contribution in [2.45, 2.75) is 19.3 Å². The van der Waals surface area contributed by atoms with E-state index in [1.807, 2.05) is 6.92 Å². The summed E-state index contributed by atoms with van der Waals surface area (Å²) in [5.41, 5.74) is 2.15. The number of para-hydroxylation sites is 1. The Kier molecular flexibility index (Phi) is 7.37. The number of rotatable bonds is 10. The van der Waals surface area contributed by atoms with E-state index >= 15 is 0 Å². The molecule has 0 aliphatic rings. The molecule has 1 atom stereocenters. The Morgan fingerprint density at radius 3 is 2.55 bits per heavy atom. The van der Waals surface area contributed by atoms with Gasteiger partial charge in [0.05, 0.1) is 36.2 Å². The van der Waals surface area contributed by atoms with E-state index < -0.39 is 20.7 Å². The van der Waals surface area contributed by atoms with Crippen molar-refractivity contribution in [3.05, 3.63) is 70.0 Å². The lowest BCUT2D eigenvalue weighted by atomic mass is 9.90. The molecule has 0 bridgehead atoms. The van der Waals surface area contributed by atoms with E-state index in [0.717, 1.165) is 6.26 Å². The highest BCUT2D eigenvalue weighted by Crippen LogP contribution is 2.37. The predicted molar refractivity (Wildman–Crippen MR) is 126 cm³/mol. The second kappa shape index (κ2) is 10.0. The normalized spacial score (nSPS) is 12.4. The van der Waals surface area contributed by atoms with Crippen LogP contribution in [0.1, 0.15) is 24.0 Å². The molecule has 9 nitrogen and oxygen atoms in total. The number of hydrogen-bond donors (Lipinski definition) is 0. The minimum Gasteiger partial charge on any atom is -0.493 e. The number of nitro benzene ring substituents is 1. The number of sulfone groups is 1. The van der Waals surface area contributed by atoms with Crippen LogP contribution in [0.4, 0.5) is 5.69 Å². The van der Waals surface area contributed by atoms with E-state index in [9.17, 15) is 18.5 Å². The summed E-state index contributed by atoms with van der Waals surface area (Å²) < 4.78 is 37.0. The van der Waals surface area contributed by atoms with Crippen LogP contribution < -0.4 is 9.47 Å². The Bertz CT molecular complexity index is 1250. The maximum absolute atomic E-state index is 12.2. The quantitative estimate of drug-likeness (QED) is 0.325. The molecule has 2 aromatic carbocycles. The number of methoxy groups -OCH3 is 1. The minimum absolute atomic E-state index is 0.0532.